The Bertz CT molecular complexity index is 635. The molecular formula is C20H30N2O6. The van der Waals surface area contributed by atoms with Crippen molar-refractivity contribution in [2.45, 2.75) is 58.2 Å². The number of carbonyl (C=O) groups excluding carboxylic acids is 1. The van der Waals surface area contributed by atoms with Crippen molar-refractivity contribution in [2.24, 2.45) is 5.92 Å². The minimum Gasteiger partial charge on any atom is -0.497 e. The van der Waals surface area contributed by atoms with Gasteiger partial charge in [0.25, 0.3) is 0 Å². The smallest absolute Gasteiger partial charge is 0.414 e. The highest BCUT2D eigenvalue weighted by Gasteiger charge is 2.24. The first-order chi connectivity index (χ1) is 13.2. The van der Waals surface area contributed by atoms with Crippen molar-refractivity contribution < 1.29 is 29.3 Å². The molecule has 0 saturated heterocycles. The van der Waals surface area contributed by atoms with Crippen molar-refractivity contribution in [1.82, 2.24) is 10.6 Å². The molecule has 1 aliphatic carbocycles. The van der Waals surface area contributed by atoms with E-state index in [0.29, 0.717) is 18.5 Å². The fourth-order valence-electron chi connectivity index (χ4n) is 2.95. The topological polar surface area (TPSA) is 125 Å². The van der Waals surface area contributed by atoms with Gasteiger partial charge in [-0.05, 0) is 43.4 Å². The average molecular weight is 394 g/mol. The summed E-state index contributed by atoms with van der Waals surface area (Å²) in [5.74, 6) is -2.11. The van der Waals surface area contributed by atoms with Gasteiger partial charge < -0.3 is 25.6 Å². The van der Waals surface area contributed by atoms with Gasteiger partial charge in [0.05, 0.1) is 13.2 Å². The maximum atomic E-state index is 12.3. The third-order valence-corrected chi connectivity index (χ3v) is 4.79. The molecule has 0 radical (unpaired) electrons. The number of amides is 1. The summed E-state index contributed by atoms with van der Waals surface area (Å²) in [6.45, 7) is 4.84. The van der Waals surface area contributed by atoms with E-state index >= 15 is 0 Å². The fraction of sp³-hybridized carbons (Fsp3) is 0.550. The molecule has 1 aromatic rings. The molecule has 3 unspecified atom stereocenters. The average Bonchev–Trinajstić information content (AvgIpc) is 2.68. The van der Waals surface area contributed by atoms with Crippen LogP contribution in [0.2, 0.25) is 0 Å². The van der Waals surface area contributed by atoms with Crippen LogP contribution >= 0.6 is 0 Å². The fourth-order valence-corrected chi connectivity index (χ4v) is 2.95. The summed E-state index contributed by atoms with van der Waals surface area (Å²) < 4.78 is 5.14. The van der Waals surface area contributed by atoms with E-state index in [1.807, 2.05) is 31.2 Å². The number of benzene rings is 1. The molecule has 0 spiro atoms. The monoisotopic (exact) mass is 394 g/mol. The highest BCUT2D eigenvalue weighted by atomic mass is 16.5. The third kappa shape index (κ3) is 8.39. The number of hydrogen-bond acceptors (Lipinski definition) is 5. The molecule has 1 aliphatic rings. The Morgan fingerprint density at radius 3 is 2.18 bits per heavy atom. The summed E-state index contributed by atoms with van der Waals surface area (Å²) in [6.07, 6.45) is 4.85. The maximum Gasteiger partial charge on any atom is 0.414 e. The number of hydrogen-bond donors (Lipinski definition) is 4. The number of carboxylic acids is 2. The normalized spacial score (nSPS) is 19.5. The number of rotatable bonds is 6. The lowest BCUT2D eigenvalue weighted by Gasteiger charge is -2.30. The second-order valence-electron chi connectivity index (χ2n) is 6.94. The summed E-state index contributed by atoms with van der Waals surface area (Å²) >= 11 is 0. The van der Waals surface area contributed by atoms with Crippen LogP contribution in [0.15, 0.2) is 24.3 Å². The minimum atomic E-state index is -1.82. The van der Waals surface area contributed by atoms with Crippen LogP contribution in [0.3, 0.4) is 0 Å². The lowest BCUT2D eigenvalue weighted by molar-refractivity contribution is -0.159. The van der Waals surface area contributed by atoms with Crippen LogP contribution in [0, 0.1) is 5.92 Å². The predicted octanol–water partition coefficient (Wildman–Crippen LogP) is 2.02. The first kappa shape index (κ1) is 23.4. The van der Waals surface area contributed by atoms with Gasteiger partial charge in [-0.1, -0.05) is 31.9 Å². The molecule has 1 aromatic carbocycles. The summed E-state index contributed by atoms with van der Waals surface area (Å²) in [7, 11) is 1.66. The van der Waals surface area contributed by atoms with E-state index in [4.69, 9.17) is 24.5 Å². The zero-order chi connectivity index (χ0) is 21.1. The first-order valence-corrected chi connectivity index (χ1v) is 9.37. The summed E-state index contributed by atoms with van der Waals surface area (Å²) in [5, 5.41) is 21.3. The van der Waals surface area contributed by atoms with Crippen LogP contribution in [0.25, 0.3) is 0 Å². The van der Waals surface area contributed by atoms with Gasteiger partial charge in [-0.2, -0.15) is 0 Å². The van der Waals surface area contributed by atoms with E-state index in [0.717, 1.165) is 17.7 Å². The summed E-state index contributed by atoms with van der Waals surface area (Å²) in [6, 6.07) is 8.05. The standard InChI is InChI=1S/C18H28N2O2.C2H2O4/c1-13-6-4-5-7-17(13)20-18(21)14(2)19-12-15-8-10-16(22-3)11-9-15;3-1(4)2(5)6/h8-11,13-14,17,19H,4-7,12H2,1-3H3,(H,20,21);(H,3,4)(H,5,6). The molecule has 28 heavy (non-hydrogen) atoms. The molecule has 156 valence electrons. The molecule has 4 N–H and O–H groups in total. The van der Waals surface area contributed by atoms with Gasteiger partial charge in [0.2, 0.25) is 5.91 Å². The third-order valence-electron chi connectivity index (χ3n) is 4.79. The Kier molecular flexibility index (Phi) is 10.0. The molecular weight excluding hydrogens is 364 g/mol. The zero-order valence-electron chi connectivity index (χ0n) is 16.6. The highest BCUT2D eigenvalue weighted by Crippen LogP contribution is 2.23. The Balaban J connectivity index is 0.000000568. The molecule has 0 bridgehead atoms. The SMILES string of the molecule is COc1ccc(CNC(C)C(=O)NC2CCCCC2C)cc1.O=C(O)C(=O)O. The van der Waals surface area contributed by atoms with E-state index < -0.39 is 11.9 Å². The van der Waals surface area contributed by atoms with E-state index in [2.05, 4.69) is 17.6 Å². The molecule has 0 aliphatic heterocycles. The molecule has 0 heterocycles. The molecule has 2 rings (SSSR count). The lowest BCUT2D eigenvalue weighted by atomic mass is 9.86. The van der Waals surface area contributed by atoms with Crippen molar-refractivity contribution in [3.05, 3.63) is 29.8 Å². The van der Waals surface area contributed by atoms with Gasteiger partial charge in [0.1, 0.15) is 5.75 Å². The van der Waals surface area contributed by atoms with Gasteiger partial charge in [-0.25, -0.2) is 9.59 Å². The summed E-state index contributed by atoms with van der Waals surface area (Å²) in [4.78, 5) is 30.5. The molecule has 8 heteroatoms. The van der Waals surface area contributed by atoms with Crippen LogP contribution in [0.4, 0.5) is 0 Å². The second kappa shape index (κ2) is 12.0. The van der Waals surface area contributed by atoms with Gasteiger partial charge in [0.15, 0.2) is 0 Å². The molecule has 1 amide bonds. The van der Waals surface area contributed by atoms with Crippen LogP contribution in [-0.4, -0.2) is 47.3 Å². The predicted molar refractivity (Wildman–Crippen MR) is 104 cm³/mol. The zero-order valence-corrected chi connectivity index (χ0v) is 16.6. The maximum absolute atomic E-state index is 12.3. The van der Waals surface area contributed by atoms with Crippen molar-refractivity contribution in [2.75, 3.05) is 7.11 Å². The highest BCUT2D eigenvalue weighted by molar-refractivity contribution is 6.27. The van der Waals surface area contributed by atoms with Gasteiger partial charge in [0, 0.05) is 12.6 Å². The molecule has 0 aromatic heterocycles. The van der Waals surface area contributed by atoms with Crippen molar-refractivity contribution in [1.29, 1.82) is 0 Å². The number of carboxylic acid groups (broad SMARTS) is 2. The minimum absolute atomic E-state index is 0.104. The van der Waals surface area contributed by atoms with Crippen LogP contribution in [0.1, 0.15) is 45.1 Å². The van der Waals surface area contributed by atoms with Crippen molar-refractivity contribution in [3.63, 3.8) is 0 Å². The molecule has 3 atom stereocenters. The number of ether oxygens (including phenoxy) is 1. The second-order valence-corrected chi connectivity index (χ2v) is 6.94. The molecule has 1 fully saturated rings. The van der Waals surface area contributed by atoms with E-state index in [9.17, 15) is 4.79 Å². The van der Waals surface area contributed by atoms with Crippen LogP contribution < -0.4 is 15.4 Å². The number of carbonyl (C=O) groups is 3. The number of methoxy groups -OCH3 is 1. The lowest BCUT2D eigenvalue weighted by Crippen LogP contribution is -2.48. The molecule has 1 saturated carbocycles. The van der Waals surface area contributed by atoms with Crippen molar-refractivity contribution in [3.8, 4) is 5.75 Å². The van der Waals surface area contributed by atoms with Gasteiger partial charge >= 0.3 is 11.9 Å². The summed E-state index contributed by atoms with van der Waals surface area (Å²) in [5.41, 5.74) is 1.14. The Morgan fingerprint density at radius 2 is 1.68 bits per heavy atom. The van der Waals surface area contributed by atoms with E-state index in [1.54, 1.807) is 7.11 Å². The Labute approximate surface area is 165 Å². The van der Waals surface area contributed by atoms with E-state index in [-0.39, 0.29) is 11.9 Å². The quantitative estimate of drug-likeness (QED) is 0.544. The van der Waals surface area contributed by atoms with Crippen LogP contribution in [-0.2, 0) is 20.9 Å². The van der Waals surface area contributed by atoms with Crippen molar-refractivity contribution >= 4 is 17.8 Å². The molecule has 8 nitrogen and oxygen atoms in total. The Morgan fingerprint density at radius 1 is 1.11 bits per heavy atom. The number of aliphatic carboxylic acids is 2. The Hall–Kier alpha value is -2.61. The van der Waals surface area contributed by atoms with Crippen LogP contribution in [0.5, 0.6) is 5.75 Å². The van der Waals surface area contributed by atoms with E-state index in [1.165, 1.54) is 19.3 Å². The first-order valence-electron chi connectivity index (χ1n) is 9.37. The van der Waals surface area contributed by atoms with Gasteiger partial charge in [-0.3, -0.25) is 4.79 Å². The number of nitrogens with one attached hydrogen (secondary N) is 2. The largest absolute Gasteiger partial charge is 0.497 e. The van der Waals surface area contributed by atoms with Gasteiger partial charge in [-0.15, -0.1) is 0 Å².